The Bertz CT molecular complexity index is 107. The molecule has 0 aromatic carbocycles. The molecule has 0 unspecified atom stereocenters. The highest BCUT2D eigenvalue weighted by atomic mass is 16.5. The van der Waals surface area contributed by atoms with E-state index in [1.165, 1.54) is 12.8 Å². The second-order valence-electron chi connectivity index (χ2n) is 3.13. The number of fused-ring (bicyclic) bond motifs is 1. The van der Waals surface area contributed by atoms with E-state index >= 15 is 0 Å². The summed E-state index contributed by atoms with van der Waals surface area (Å²) in [4.78, 5) is 0. The van der Waals surface area contributed by atoms with E-state index in [4.69, 9.17) is 4.74 Å². The lowest BCUT2D eigenvalue weighted by atomic mass is 10.0. The van der Waals surface area contributed by atoms with Crippen LogP contribution in [0, 0.1) is 11.3 Å². The van der Waals surface area contributed by atoms with Crippen LogP contribution in [0.4, 0.5) is 0 Å². The summed E-state index contributed by atoms with van der Waals surface area (Å²) in [5.74, 6) is 0.951. The first kappa shape index (κ1) is 8.06. The molecule has 1 nitrogen and oxygen atoms in total. The van der Waals surface area contributed by atoms with Gasteiger partial charge in [-0.2, -0.15) is 0 Å². The van der Waals surface area contributed by atoms with Crippen LogP contribution in [0.25, 0.3) is 0 Å². The maximum atomic E-state index is 5.30. The van der Waals surface area contributed by atoms with Gasteiger partial charge in [-0.3, -0.25) is 0 Å². The topological polar surface area (TPSA) is 9.23 Å². The maximum Gasteiger partial charge on any atom is 0.0526 e. The lowest BCUT2D eigenvalue weighted by Crippen LogP contribution is -2.01. The third kappa shape index (κ3) is 1.07. The van der Waals surface area contributed by atoms with Gasteiger partial charge in [-0.15, -0.1) is 0 Å². The summed E-state index contributed by atoms with van der Waals surface area (Å²) in [5, 5.41) is 0. The Kier molecular flexibility index (Phi) is 2.35. The van der Waals surface area contributed by atoms with Gasteiger partial charge in [0.15, 0.2) is 0 Å². The lowest BCUT2D eigenvalue weighted by Gasteiger charge is -2.03. The molecule has 0 aromatic rings. The van der Waals surface area contributed by atoms with Crippen molar-refractivity contribution < 1.29 is 4.74 Å². The predicted molar refractivity (Wildman–Crippen MR) is 43.0 cm³/mol. The number of ether oxygens (including phenoxy) is 1. The summed E-state index contributed by atoms with van der Waals surface area (Å²) in [7, 11) is 0. The Labute approximate surface area is 63.8 Å². The quantitative estimate of drug-likeness (QED) is 0.546. The largest absolute Gasteiger partial charge is 0.381 e. The average molecular weight is 142 g/mol. The first-order valence-corrected chi connectivity index (χ1v) is 4.45. The van der Waals surface area contributed by atoms with Gasteiger partial charge >= 0.3 is 0 Å². The second kappa shape index (κ2) is 2.91. The summed E-state index contributed by atoms with van der Waals surface area (Å²) in [6, 6.07) is 0. The Morgan fingerprint density at radius 3 is 2.40 bits per heavy atom. The molecule has 2 atom stereocenters. The summed E-state index contributed by atoms with van der Waals surface area (Å²) in [6.45, 7) is 8.37. The minimum atomic E-state index is 0.681. The summed E-state index contributed by atoms with van der Waals surface area (Å²) < 4.78 is 5.30. The zero-order chi connectivity index (χ0) is 7.61. The van der Waals surface area contributed by atoms with Crippen LogP contribution < -0.4 is 0 Å². The van der Waals surface area contributed by atoms with Gasteiger partial charge < -0.3 is 4.74 Å². The fraction of sp³-hybridized carbons (Fsp3) is 1.00. The van der Waals surface area contributed by atoms with E-state index in [1.807, 2.05) is 13.8 Å². The van der Waals surface area contributed by atoms with Gasteiger partial charge in [0, 0.05) is 0 Å². The zero-order valence-electron chi connectivity index (χ0n) is 7.31. The van der Waals surface area contributed by atoms with Crippen LogP contribution in [0.3, 0.4) is 0 Å². The van der Waals surface area contributed by atoms with Gasteiger partial charge in [-0.05, 0) is 24.2 Å². The van der Waals surface area contributed by atoms with Crippen LogP contribution in [0.2, 0.25) is 0 Å². The molecule has 0 amide bonds. The fourth-order valence-corrected chi connectivity index (χ4v) is 1.78. The first-order valence-electron chi connectivity index (χ1n) is 4.45. The van der Waals surface area contributed by atoms with Crippen LogP contribution in [0.15, 0.2) is 0 Å². The van der Waals surface area contributed by atoms with Gasteiger partial charge in [0.25, 0.3) is 0 Å². The molecule has 1 aliphatic carbocycles. The van der Waals surface area contributed by atoms with Crippen molar-refractivity contribution in [1.82, 2.24) is 0 Å². The number of hydrogen-bond donors (Lipinski definition) is 0. The highest BCUT2D eigenvalue weighted by molar-refractivity contribution is 5.04. The van der Waals surface area contributed by atoms with E-state index < -0.39 is 0 Å². The van der Waals surface area contributed by atoms with E-state index in [9.17, 15) is 0 Å². The van der Waals surface area contributed by atoms with Crippen molar-refractivity contribution in [2.45, 2.75) is 33.6 Å². The molecule has 0 radical (unpaired) electrons. The normalized spacial score (nSPS) is 41.7. The van der Waals surface area contributed by atoms with Crippen LogP contribution in [0.1, 0.15) is 33.6 Å². The molecule has 1 saturated carbocycles. The molecule has 2 rings (SSSR count). The Morgan fingerprint density at radius 1 is 1.50 bits per heavy atom. The molecule has 1 saturated heterocycles. The molecular formula is C9H18O. The summed E-state index contributed by atoms with van der Waals surface area (Å²) >= 11 is 0. The molecule has 1 heterocycles. The molecule has 0 aromatic heterocycles. The molecule has 10 heavy (non-hydrogen) atoms. The van der Waals surface area contributed by atoms with E-state index in [0.29, 0.717) is 5.41 Å². The lowest BCUT2D eigenvalue weighted by molar-refractivity contribution is 0.145. The van der Waals surface area contributed by atoms with Crippen molar-refractivity contribution in [3.05, 3.63) is 0 Å². The molecular weight excluding hydrogens is 124 g/mol. The molecule has 60 valence electrons. The van der Waals surface area contributed by atoms with Crippen molar-refractivity contribution in [2.24, 2.45) is 11.3 Å². The molecule has 0 spiro atoms. The van der Waals surface area contributed by atoms with Crippen LogP contribution >= 0.6 is 0 Å². The van der Waals surface area contributed by atoms with Gasteiger partial charge in [0.05, 0.1) is 13.2 Å². The smallest absolute Gasteiger partial charge is 0.0526 e. The van der Waals surface area contributed by atoms with Crippen molar-refractivity contribution in [3.8, 4) is 0 Å². The van der Waals surface area contributed by atoms with E-state index in [1.54, 1.807) is 0 Å². The molecule has 2 aliphatic rings. The van der Waals surface area contributed by atoms with Crippen molar-refractivity contribution in [3.63, 3.8) is 0 Å². The molecule has 2 fully saturated rings. The predicted octanol–water partition coefficient (Wildman–Crippen LogP) is 2.46. The van der Waals surface area contributed by atoms with Crippen molar-refractivity contribution in [1.29, 1.82) is 0 Å². The van der Waals surface area contributed by atoms with Gasteiger partial charge in [0.1, 0.15) is 0 Å². The zero-order valence-corrected chi connectivity index (χ0v) is 7.31. The van der Waals surface area contributed by atoms with Crippen molar-refractivity contribution >= 4 is 0 Å². The maximum absolute atomic E-state index is 5.30. The monoisotopic (exact) mass is 142 g/mol. The van der Waals surface area contributed by atoms with Crippen molar-refractivity contribution in [2.75, 3.05) is 13.2 Å². The SMILES string of the molecule is CC.CC[C@@]12COC[C@@H]1C2. The minimum absolute atomic E-state index is 0.681. The van der Waals surface area contributed by atoms with Gasteiger partial charge in [-0.1, -0.05) is 20.8 Å². The first-order chi connectivity index (χ1) is 4.87. The fourth-order valence-electron chi connectivity index (χ4n) is 1.78. The molecule has 0 bridgehead atoms. The Morgan fingerprint density at radius 2 is 2.20 bits per heavy atom. The Hall–Kier alpha value is -0.0400. The van der Waals surface area contributed by atoms with Gasteiger partial charge in [0.2, 0.25) is 0 Å². The minimum Gasteiger partial charge on any atom is -0.381 e. The number of hydrogen-bond acceptors (Lipinski definition) is 1. The summed E-state index contributed by atoms with van der Waals surface area (Å²) in [6.07, 6.45) is 2.78. The standard InChI is InChI=1S/C7H12O.C2H6/c1-2-7-3-6(7)4-8-5-7;1-2/h6H,2-5H2,1H3;1-2H3/t6-,7+;/m0./s1. The third-order valence-electron chi connectivity index (χ3n) is 2.77. The average Bonchev–Trinajstić information content (AvgIpc) is 2.59. The highest BCUT2D eigenvalue weighted by Gasteiger charge is 2.56. The molecule has 0 N–H and O–H groups in total. The molecule has 1 heteroatoms. The van der Waals surface area contributed by atoms with Crippen LogP contribution in [-0.4, -0.2) is 13.2 Å². The van der Waals surface area contributed by atoms with E-state index in [0.717, 1.165) is 19.1 Å². The second-order valence-corrected chi connectivity index (χ2v) is 3.13. The molecule has 1 aliphatic heterocycles. The van der Waals surface area contributed by atoms with E-state index in [-0.39, 0.29) is 0 Å². The highest BCUT2D eigenvalue weighted by Crippen LogP contribution is 2.58. The third-order valence-corrected chi connectivity index (χ3v) is 2.77. The number of rotatable bonds is 1. The van der Waals surface area contributed by atoms with Crippen LogP contribution in [-0.2, 0) is 4.74 Å². The Balaban J connectivity index is 0.000000231. The van der Waals surface area contributed by atoms with Gasteiger partial charge in [-0.25, -0.2) is 0 Å². The van der Waals surface area contributed by atoms with E-state index in [2.05, 4.69) is 6.92 Å². The summed E-state index contributed by atoms with van der Waals surface area (Å²) in [5.41, 5.74) is 0.681. The van der Waals surface area contributed by atoms with Crippen LogP contribution in [0.5, 0.6) is 0 Å².